The fourth-order valence-electron chi connectivity index (χ4n) is 3.60. The number of rotatable bonds is 7. The molecule has 3 aromatic rings. The van der Waals surface area contributed by atoms with E-state index in [4.69, 9.17) is 0 Å². The zero-order chi connectivity index (χ0) is 18.6. The molecule has 0 saturated carbocycles. The minimum absolute atomic E-state index is 0.0632. The van der Waals surface area contributed by atoms with Crippen molar-refractivity contribution in [3.63, 3.8) is 0 Å². The molecule has 1 amide bonds. The molecule has 4 rings (SSSR count). The van der Waals surface area contributed by atoms with E-state index in [2.05, 4.69) is 22.2 Å². The number of carbonyl (C=O) groups is 1. The average molecular weight is 384 g/mol. The molecule has 0 spiro atoms. The number of imidazole rings is 1. The van der Waals surface area contributed by atoms with Gasteiger partial charge in [0.15, 0.2) is 5.69 Å². The first kappa shape index (κ1) is 18.1. The van der Waals surface area contributed by atoms with Crippen molar-refractivity contribution >= 4 is 22.9 Å². The molecule has 0 unspecified atom stereocenters. The van der Waals surface area contributed by atoms with Gasteiger partial charge in [-0.2, -0.15) is 0 Å². The molecular formula is C20H25N5OS. The predicted octanol–water partition coefficient (Wildman–Crippen LogP) is 3.06. The maximum absolute atomic E-state index is 12.9. The van der Waals surface area contributed by atoms with E-state index >= 15 is 0 Å². The van der Waals surface area contributed by atoms with Crippen LogP contribution in [-0.4, -0.2) is 44.8 Å². The first-order chi connectivity index (χ1) is 13.2. The van der Waals surface area contributed by atoms with Gasteiger partial charge in [-0.3, -0.25) is 4.79 Å². The fourth-order valence-corrected chi connectivity index (χ4v) is 4.43. The Morgan fingerprint density at radius 3 is 2.93 bits per heavy atom. The number of pyridine rings is 1. The molecule has 1 aliphatic rings. The Bertz CT molecular complexity index is 925. The van der Waals surface area contributed by atoms with Crippen LogP contribution in [0.2, 0.25) is 0 Å². The van der Waals surface area contributed by atoms with Crippen molar-refractivity contribution in [3.8, 4) is 0 Å². The summed E-state index contributed by atoms with van der Waals surface area (Å²) >= 11 is 1.72. The van der Waals surface area contributed by atoms with E-state index in [1.165, 1.54) is 4.88 Å². The zero-order valence-corrected chi connectivity index (χ0v) is 16.5. The van der Waals surface area contributed by atoms with E-state index in [9.17, 15) is 4.79 Å². The van der Waals surface area contributed by atoms with E-state index in [-0.39, 0.29) is 5.91 Å². The van der Waals surface area contributed by atoms with E-state index in [1.54, 1.807) is 11.3 Å². The molecule has 1 N–H and O–H groups in total. The lowest BCUT2D eigenvalue weighted by atomic mass is 10.2. The number of amides is 1. The van der Waals surface area contributed by atoms with Crippen LogP contribution in [0.15, 0.2) is 29.9 Å². The van der Waals surface area contributed by atoms with Gasteiger partial charge in [-0.15, -0.1) is 11.3 Å². The normalized spacial score (nSPS) is 14.3. The van der Waals surface area contributed by atoms with Gasteiger partial charge in [-0.05, 0) is 51.3 Å². The quantitative estimate of drug-likeness (QED) is 0.637. The standard InChI is InChI=1S/C20H25N5OS/c1-15-17(27-14-22-15)7-6-9-21-13-16-19(20(26)24-10-4-5-11-24)23-18-8-2-3-12-25(16)18/h2-3,8,12,14,21H,4-7,9-11,13H2,1H3. The molecule has 4 heterocycles. The number of hydrogen-bond donors (Lipinski definition) is 1. The molecule has 1 fully saturated rings. The number of hydrogen-bond acceptors (Lipinski definition) is 5. The number of likely N-dealkylation sites (tertiary alicyclic amines) is 1. The lowest BCUT2D eigenvalue weighted by Crippen LogP contribution is -2.29. The Morgan fingerprint density at radius 1 is 1.30 bits per heavy atom. The van der Waals surface area contributed by atoms with Crippen LogP contribution in [0.4, 0.5) is 0 Å². The molecule has 7 heteroatoms. The highest BCUT2D eigenvalue weighted by atomic mass is 32.1. The van der Waals surface area contributed by atoms with Gasteiger partial charge in [0.25, 0.3) is 5.91 Å². The monoisotopic (exact) mass is 383 g/mol. The molecule has 0 radical (unpaired) electrons. The number of nitrogens with one attached hydrogen (secondary N) is 1. The highest BCUT2D eigenvalue weighted by Crippen LogP contribution is 2.18. The summed E-state index contributed by atoms with van der Waals surface area (Å²) in [7, 11) is 0. The summed E-state index contributed by atoms with van der Waals surface area (Å²) in [6.45, 7) is 5.28. The van der Waals surface area contributed by atoms with Gasteiger partial charge in [0, 0.05) is 30.7 Å². The minimum Gasteiger partial charge on any atom is -0.337 e. The number of thiazole rings is 1. The Morgan fingerprint density at radius 2 is 2.15 bits per heavy atom. The van der Waals surface area contributed by atoms with Crippen molar-refractivity contribution in [2.45, 2.75) is 39.2 Å². The van der Waals surface area contributed by atoms with Gasteiger partial charge in [0.2, 0.25) is 0 Å². The van der Waals surface area contributed by atoms with E-state index in [1.807, 2.05) is 39.2 Å². The Kier molecular flexibility index (Phi) is 5.50. The number of nitrogens with zero attached hydrogens (tertiary/aromatic N) is 4. The highest BCUT2D eigenvalue weighted by molar-refractivity contribution is 7.09. The predicted molar refractivity (Wildman–Crippen MR) is 107 cm³/mol. The third-order valence-corrected chi connectivity index (χ3v) is 6.11. The Hall–Kier alpha value is -2.25. The second kappa shape index (κ2) is 8.19. The van der Waals surface area contributed by atoms with Crippen molar-refractivity contribution < 1.29 is 4.79 Å². The molecular weight excluding hydrogens is 358 g/mol. The molecule has 0 aliphatic carbocycles. The van der Waals surface area contributed by atoms with Crippen LogP contribution >= 0.6 is 11.3 Å². The number of carbonyl (C=O) groups excluding carboxylic acids is 1. The molecule has 1 aliphatic heterocycles. The molecule has 0 aromatic carbocycles. The third kappa shape index (κ3) is 3.89. The summed E-state index contributed by atoms with van der Waals surface area (Å²) < 4.78 is 2.03. The summed E-state index contributed by atoms with van der Waals surface area (Å²) in [5.74, 6) is 0.0632. The zero-order valence-electron chi connectivity index (χ0n) is 15.6. The van der Waals surface area contributed by atoms with E-state index in [0.29, 0.717) is 12.2 Å². The van der Waals surface area contributed by atoms with Crippen molar-refractivity contribution in [2.75, 3.05) is 19.6 Å². The maximum Gasteiger partial charge on any atom is 0.274 e. The average Bonchev–Trinajstić information content (AvgIpc) is 3.42. The van der Waals surface area contributed by atoms with Crippen molar-refractivity contribution in [1.82, 2.24) is 24.6 Å². The van der Waals surface area contributed by atoms with Gasteiger partial charge in [0.1, 0.15) is 5.65 Å². The van der Waals surface area contributed by atoms with Crippen molar-refractivity contribution in [2.24, 2.45) is 0 Å². The molecule has 0 atom stereocenters. The summed E-state index contributed by atoms with van der Waals surface area (Å²) in [6, 6.07) is 5.90. The molecule has 0 bridgehead atoms. The summed E-state index contributed by atoms with van der Waals surface area (Å²) in [6.07, 6.45) is 6.25. The lowest BCUT2D eigenvalue weighted by Gasteiger charge is -2.15. The summed E-state index contributed by atoms with van der Waals surface area (Å²) in [5, 5.41) is 3.50. The molecule has 3 aromatic heterocycles. The van der Waals surface area contributed by atoms with Gasteiger partial charge in [-0.25, -0.2) is 9.97 Å². The van der Waals surface area contributed by atoms with Crippen LogP contribution in [0.3, 0.4) is 0 Å². The van der Waals surface area contributed by atoms with Gasteiger partial charge in [0.05, 0.1) is 16.9 Å². The second-order valence-corrected chi connectivity index (χ2v) is 7.92. The smallest absolute Gasteiger partial charge is 0.274 e. The van der Waals surface area contributed by atoms with Crippen LogP contribution in [-0.2, 0) is 13.0 Å². The van der Waals surface area contributed by atoms with Crippen molar-refractivity contribution in [1.29, 1.82) is 0 Å². The van der Waals surface area contributed by atoms with E-state index in [0.717, 1.165) is 62.4 Å². The number of aromatic nitrogens is 3. The summed E-state index contributed by atoms with van der Waals surface area (Å²) in [5.41, 5.74) is 5.43. The van der Waals surface area contributed by atoms with Crippen LogP contribution in [0.5, 0.6) is 0 Å². The molecule has 142 valence electrons. The first-order valence-corrected chi connectivity index (χ1v) is 10.5. The van der Waals surface area contributed by atoms with Crippen LogP contribution in [0.25, 0.3) is 5.65 Å². The van der Waals surface area contributed by atoms with Gasteiger partial charge in [-0.1, -0.05) is 6.07 Å². The van der Waals surface area contributed by atoms with Crippen LogP contribution in [0, 0.1) is 6.92 Å². The molecule has 27 heavy (non-hydrogen) atoms. The fraction of sp³-hybridized carbons (Fsp3) is 0.450. The topological polar surface area (TPSA) is 62.5 Å². The van der Waals surface area contributed by atoms with Crippen molar-refractivity contribution in [3.05, 3.63) is 51.9 Å². The lowest BCUT2D eigenvalue weighted by molar-refractivity contribution is 0.0786. The van der Waals surface area contributed by atoms with Crippen LogP contribution in [0.1, 0.15) is 46.0 Å². The minimum atomic E-state index is 0.0632. The van der Waals surface area contributed by atoms with Gasteiger partial charge < -0.3 is 14.6 Å². The summed E-state index contributed by atoms with van der Waals surface area (Å²) in [4.78, 5) is 25.2. The Balaban J connectivity index is 1.44. The number of aryl methyl sites for hydroxylation is 2. The SMILES string of the molecule is Cc1ncsc1CCCNCc1c(C(=O)N2CCCC2)nc2ccccn12. The van der Waals surface area contributed by atoms with E-state index < -0.39 is 0 Å². The third-order valence-electron chi connectivity index (χ3n) is 5.12. The maximum atomic E-state index is 12.9. The first-order valence-electron chi connectivity index (χ1n) is 9.59. The van der Waals surface area contributed by atoms with Crippen LogP contribution < -0.4 is 5.32 Å². The Labute approximate surface area is 163 Å². The number of fused-ring (bicyclic) bond motifs is 1. The molecule has 1 saturated heterocycles. The largest absolute Gasteiger partial charge is 0.337 e. The molecule has 6 nitrogen and oxygen atoms in total. The van der Waals surface area contributed by atoms with Gasteiger partial charge >= 0.3 is 0 Å². The highest BCUT2D eigenvalue weighted by Gasteiger charge is 2.25. The second-order valence-electron chi connectivity index (χ2n) is 6.98.